The third kappa shape index (κ3) is 4.47. The zero-order valence-electron chi connectivity index (χ0n) is 12.0. The Hall–Kier alpha value is -0.580. The second-order valence-electron chi connectivity index (χ2n) is 5.73. The Morgan fingerprint density at radius 1 is 1.50 bits per heavy atom. The highest BCUT2D eigenvalue weighted by Gasteiger charge is 2.27. The number of hydrogen-bond acceptors (Lipinski definition) is 2. The van der Waals surface area contributed by atoms with Crippen LogP contribution in [0.1, 0.15) is 35.7 Å². The molecule has 0 radical (unpaired) electrons. The Kier molecular flexibility index (Phi) is 6.49. The van der Waals surface area contributed by atoms with Gasteiger partial charge in [-0.1, -0.05) is 22.9 Å². The molecule has 1 heterocycles. The van der Waals surface area contributed by atoms with Crippen molar-refractivity contribution >= 4 is 34.2 Å². The van der Waals surface area contributed by atoms with Gasteiger partial charge in [-0.25, -0.2) is 0 Å². The van der Waals surface area contributed by atoms with E-state index in [0.29, 0.717) is 0 Å². The molecule has 20 heavy (non-hydrogen) atoms. The van der Waals surface area contributed by atoms with E-state index >= 15 is 0 Å². The highest BCUT2D eigenvalue weighted by molar-refractivity contribution is 9.10. The van der Waals surface area contributed by atoms with Gasteiger partial charge in [0.25, 0.3) is 5.91 Å². The van der Waals surface area contributed by atoms with Crippen molar-refractivity contribution in [1.82, 2.24) is 10.6 Å². The number of amides is 1. The number of carbonyl (C=O) groups is 1. The molecular weight excluding hydrogens is 340 g/mol. The summed E-state index contributed by atoms with van der Waals surface area (Å²) >= 11 is 3.42. The van der Waals surface area contributed by atoms with Crippen LogP contribution in [0.5, 0.6) is 0 Å². The van der Waals surface area contributed by atoms with Gasteiger partial charge in [-0.05, 0) is 55.5 Å². The fraction of sp³-hybridized carbons (Fsp3) is 0.533. The van der Waals surface area contributed by atoms with Crippen molar-refractivity contribution in [3.05, 3.63) is 33.8 Å². The molecule has 3 nitrogen and oxygen atoms in total. The van der Waals surface area contributed by atoms with Gasteiger partial charge in [-0.3, -0.25) is 4.79 Å². The topological polar surface area (TPSA) is 41.1 Å². The molecule has 0 saturated carbocycles. The van der Waals surface area contributed by atoms with E-state index in [0.717, 1.165) is 35.2 Å². The summed E-state index contributed by atoms with van der Waals surface area (Å²) in [4.78, 5) is 12.2. The molecule has 1 aromatic carbocycles. The van der Waals surface area contributed by atoms with Crippen LogP contribution < -0.4 is 10.6 Å². The number of piperidine rings is 1. The van der Waals surface area contributed by atoms with E-state index in [1.165, 1.54) is 12.8 Å². The van der Waals surface area contributed by atoms with Gasteiger partial charge in [0.15, 0.2) is 0 Å². The minimum Gasteiger partial charge on any atom is -0.351 e. The number of halogens is 2. The molecule has 2 rings (SSSR count). The van der Waals surface area contributed by atoms with E-state index in [2.05, 4.69) is 33.5 Å². The van der Waals surface area contributed by atoms with Crippen LogP contribution in [0.4, 0.5) is 0 Å². The summed E-state index contributed by atoms with van der Waals surface area (Å²) in [6, 6.07) is 5.75. The summed E-state index contributed by atoms with van der Waals surface area (Å²) in [5.41, 5.74) is 1.94. The minimum absolute atomic E-state index is 0. The van der Waals surface area contributed by atoms with Gasteiger partial charge in [0, 0.05) is 23.1 Å². The maximum Gasteiger partial charge on any atom is 0.251 e. The Balaban J connectivity index is 0.00000200. The molecule has 0 aromatic heterocycles. The number of carbonyl (C=O) groups excluding carboxylic acids is 1. The standard InChI is InChI=1S/C15H21BrN2O.ClH/c1-11-8-12(16)4-5-13(11)14(19)18-10-15(2)6-3-7-17-9-15;/h4-5,8,17H,3,6-7,9-10H2,1-2H3,(H,18,19);1H. The Bertz CT molecular complexity index is 473. The highest BCUT2D eigenvalue weighted by atomic mass is 79.9. The third-order valence-electron chi connectivity index (χ3n) is 3.79. The summed E-state index contributed by atoms with van der Waals surface area (Å²) in [6.07, 6.45) is 2.35. The first-order chi connectivity index (χ1) is 9.00. The van der Waals surface area contributed by atoms with E-state index in [-0.39, 0.29) is 23.7 Å². The van der Waals surface area contributed by atoms with E-state index in [4.69, 9.17) is 0 Å². The van der Waals surface area contributed by atoms with Gasteiger partial charge in [0.1, 0.15) is 0 Å². The summed E-state index contributed by atoms with van der Waals surface area (Å²) in [5, 5.41) is 6.48. The molecule has 5 heteroatoms. The summed E-state index contributed by atoms with van der Waals surface area (Å²) in [7, 11) is 0. The molecule has 0 spiro atoms. The number of aryl methyl sites for hydroxylation is 1. The van der Waals surface area contributed by atoms with Gasteiger partial charge < -0.3 is 10.6 Å². The normalized spacial score (nSPS) is 21.9. The summed E-state index contributed by atoms with van der Waals surface area (Å²) in [6.45, 7) is 6.99. The van der Waals surface area contributed by atoms with Gasteiger partial charge in [0.2, 0.25) is 0 Å². The smallest absolute Gasteiger partial charge is 0.251 e. The van der Waals surface area contributed by atoms with E-state index < -0.39 is 0 Å². The molecule has 0 aliphatic carbocycles. The summed E-state index contributed by atoms with van der Waals surface area (Å²) < 4.78 is 1.00. The predicted molar refractivity (Wildman–Crippen MR) is 88.7 cm³/mol. The second kappa shape index (κ2) is 7.43. The van der Waals surface area contributed by atoms with Gasteiger partial charge in [0.05, 0.1) is 0 Å². The molecule has 1 aromatic rings. The molecule has 2 N–H and O–H groups in total. The largest absolute Gasteiger partial charge is 0.351 e. The van der Waals surface area contributed by atoms with Gasteiger partial charge in [-0.2, -0.15) is 0 Å². The zero-order chi connectivity index (χ0) is 13.9. The molecule has 1 amide bonds. The summed E-state index contributed by atoms with van der Waals surface area (Å²) in [5.74, 6) is 0.0248. The zero-order valence-corrected chi connectivity index (χ0v) is 14.4. The van der Waals surface area contributed by atoms with Crippen LogP contribution >= 0.6 is 28.3 Å². The first-order valence-corrected chi connectivity index (χ1v) is 7.55. The van der Waals surface area contributed by atoms with Crippen LogP contribution in [0, 0.1) is 12.3 Å². The number of hydrogen-bond donors (Lipinski definition) is 2. The molecule has 1 atom stereocenters. The van der Waals surface area contributed by atoms with Crippen molar-refractivity contribution in [2.75, 3.05) is 19.6 Å². The molecule has 112 valence electrons. The Labute approximate surface area is 135 Å². The maximum atomic E-state index is 12.2. The quantitative estimate of drug-likeness (QED) is 0.867. The average molecular weight is 362 g/mol. The lowest BCUT2D eigenvalue weighted by Gasteiger charge is -2.34. The van der Waals surface area contributed by atoms with Gasteiger partial charge >= 0.3 is 0 Å². The highest BCUT2D eigenvalue weighted by Crippen LogP contribution is 2.24. The van der Waals surface area contributed by atoms with Crippen molar-refractivity contribution < 1.29 is 4.79 Å². The third-order valence-corrected chi connectivity index (χ3v) is 4.29. The predicted octanol–water partition coefficient (Wildman–Crippen LogP) is 3.30. The lowest BCUT2D eigenvalue weighted by Crippen LogP contribution is -2.45. The number of nitrogens with one attached hydrogen (secondary N) is 2. The monoisotopic (exact) mass is 360 g/mol. The van der Waals surface area contributed by atoms with Crippen LogP contribution in [0.3, 0.4) is 0 Å². The van der Waals surface area contributed by atoms with Crippen molar-refractivity contribution in [2.45, 2.75) is 26.7 Å². The minimum atomic E-state index is 0. The van der Waals surface area contributed by atoms with Crippen LogP contribution in [0.25, 0.3) is 0 Å². The Morgan fingerprint density at radius 2 is 2.25 bits per heavy atom. The Morgan fingerprint density at radius 3 is 2.85 bits per heavy atom. The molecule has 1 fully saturated rings. The molecular formula is C15H22BrClN2O. The number of benzene rings is 1. The number of rotatable bonds is 3. The van der Waals surface area contributed by atoms with Crippen molar-refractivity contribution in [3.63, 3.8) is 0 Å². The van der Waals surface area contributed by atoms with E-state index in [1.807, 2.05) is 25.1 Å². The molecule has 1 unspecified atom stereocenters. The van der Waals surface area contributed by atoms with Crippen LogP contribution in [-0.4, -0.2) is 25.5 Å². The maximum absolute atomic E-state index is 12.2. The van der Waals surface area contributed by atoms with Crippen molar-refractivity contribution in [1.29, 1.82) is 0 Å². The fourth-order valence-electron chi connectivity index (χ4n) is 2.54. The van der Waals surface area contributed by atoms with Crippen LogP contribution in [0.15, 0.2) is 22.7 Å². The fourth-order valence-corrected chi connectivity index (χ4v) is 3.02. The first-order valence-electron chi connectivity index (χ1n) is 6.75. The van der Waals surface area contributed by atoms with Crippen LogP contribution in [0.2, 0.25) is 0 Å². The van der Waals surface area contributed by atoms with Crippen molar-refractivity contribution in [3.8, 4) is 0 Å². The first kappa shape index (κ1) is 17.5. The van der Waals surface area contributed by atoms with E-state index in [1.54, 1.807) is 0 Å². The SMILES string of the molecule is Cc1cc(Br)ccc1C(=O)NCC1(C)CCCNC1.Cl. The molecule has 1 saturated heterocycles. The van der Waals surface area contributed by atoms with Gasteiger partial charge in [-0.15, -0.1) is 12.4 Å². The van der Waals surface area contributed by atoms with Crippen molar-refractivity contribution in [2.24, 2.45) is 5.41 Å². The molecule has 1 aliphatic rings. The average Bonchev–Trinajstić information content (AvgIpc) is 2.37. The lowest BCUT2D eigenvalue weighted by atomic mass is 9.83. The van der Waals surface area contributed by atoms with E-state index in [9.17, 15) is 4.79 Å². The second-order valence-corrected chi connectivity index (χ2v) is 6.65. The lowest BCUT2D eigenvalue weighted by molar-refractivity contribution is 0.0924. The molecule has 1 aliphatic heterocycles. The van der Waals surface area contributed by atoms with Crippen LogP contribution in [-0.2, 0) is 0 Å². The molecule has 0 bridgehead atoms.